The van der Waals surface area contributed by atoms with Crippen LogP contribution in [0.1, 0.15) is 27.2 Å². The molecule has 4 heteroatoms. The van der Waals surface area contributed by atoms with Crippen LogP contribution >= 0.6 is 0 Å². The number of nitrogens with one attached hydrogen (secondary N) is 1. The number of hydrogen-bond donors (Lipinski definition) is 1. The van der Waals surface area contributed by atoms with E-state index in [1.165, 1.54) is 0 Å². The minimum absolute atomic E-state index is 0.132. The van der Waals surface area contributed by atoms with Gasteiger partial charge in [0, 0.05) is 26.1 Å². The first kappa shape index (κ1) is 12.5. The van der Waals surface area contributed by atoms with E-state index in [-0.39, 0.29) is 17.6 Å². The molecular weight excluding hydrogens is 192 g/mol. The van der Waals surface area contributed by atoms with Crippen LogP contribution in [-0.2, 0) is 9.53 Å². The number of hydrogen-bond acceptors (Lipinski definition) is 3. The minimum Gasteiger partial charge on any atom is -0.369 e. The molecule has 88 valence electrons. The third-order valence-electron chi connectivity index (χ3n) is 2.51. The molecular formula is C11H22N2O2. The summed E-state index contributed by atoms with van der Waals surface area (Å²) < 4.78 is 5.75. The molecule has 1 heterocycles. The first-order chi connectivity index (χ1) is 6.94. The third-order valence-corrected chi connectivity index (χ3v) is 2.51. The molecule has 15 heavy (non-hydrogen) atoms. The maximum absolute atomic E-state index is 11.8. The number of morpholine rings is 1. The van der Waals surface area contributed by atoms with Crippen LogP contribution < -0.4 is 5.32 Å². The molecule has 0 saturated carbocycles. The van der Waals surface area contributed by atoms with Gasteiger partial charge in [0.15, 0.2) is 0 Å². The predicted molar refractivity (Wildman–Crippen MR) is 59.7 cm³/mol. The van der Waals surface area contributed by atoms with E-state index in [4.69, 9.17) is 4.74 Å². The summed E-state index contributed by atoms with van der Waals surface area (Å²) in [6.07, 6.45) is 0.700. The van der Waals surface area contributed by atoms with Crippen molar-refractivity contribution >= 4 is 5.91 Å². The van der Waals surface area contributed by atoms with Crippen LogP contribution in [0.4, 0.5) is 0 Å². The molecule has 1 rings (SSSR count). The lowest BCUT2D eigenvalue weighted by Crippen LogP contribution is -2.54. The second-order valence-electron chi connectivity index (χ2n) is 4.82. The van der Waals surface area contributed by atoms with Gasteiger partial charge in [0.25, 0.3) is 0 Å². The molecule has 4 nitrogen and oxygen atoms in total. The van der Waals surface area contributed by atoms with E-state index in [1.807, 2.05) is 32.7 Å². The number of rotatable bonds is 3. The van der Waals surface area contributed by atoms with Crippen molar-refractivity contribution in [2.75, 3.05) is 26.7 Å². The number of nitrogens with zero attached hydrogens (tertiary/aromatic N) is 1. The largest absolute Gasteiger partial charge is 0.369 e. The number of ether oxygens (including phenoxy) is 1. The van der Waals surface area contributed by atoms with Crippen molar-refractivity contribution in [2.45, 2.75) is 38.9 Å². The zero-order valence-electron chi connectivity index (χ0n) is 10.2. The minimum atomic E-state index is -0.215. The zero-order chi connectivity index (χ0) is 11.5. The van der Waals surface area contributed by atoms with E-state index < -0.39 is 0 Å². The fourth-order valence-electron chi connectivity index (χ4n) is 2.03. The molecule has 1 aliphatic heterocycles. The Morgan fingerprint density at radius 3 is 2.80 bits per heavy atom. The molecule has 1 amide bonds. The van der Waals surface area contributed by atoms with Crippen LogP contribution in [0.5, 0.6) is 0 Å². The quantitative estimate of drug-likeness (QED) is 0.749. The third kappa shape index (κ3) is 3.80. The summed E-state index contributed by atoms with van der Waals surface area (Å²) in [5.41, 5.74) is -0.215. The Morgan fingerprint density at radius 1 is 1.60 bits per heavy atom. The zero-order valence-corrected chi connectivity index (χ0v) is 10.2. The molecule has 0 bridgehead atoms. The lowest BCUT2D eigenvalue weighted by molar-refractivity contribution is -0.158. The van der Waals surface area contributed by atoms with Crippen LogP contribution in [0, 0.1) is 0 Å². The SMILES string of the molecule is CNCCC(=O)N1CC(C)OC(C)(C)C1. The van der Waals surface area contributed by atoms with Crippen LogP contribution in [-0.4, -0.2) is 49.2 Å². The van der Waals surface area contributed by atoms with Gasteiger partial charge in [-0.15, -0.1) is 0 Å². The molecule has 0 aromatic carbocycles. The molecule has 0 spiro atoms. The summed E-state index contributed by atoms with van der Waals surface area (Å²) >= 11 is 0. The van der Waals surface area contributed by atoms with E-state index in [2.05, 4.69) is 5.32 Å². The number of carbonyl (C=O) groups excluding carboxylic acids is 1. The van der Waals surface area contributed by atoms with Gasteiger partial charge in [0.1, 0.15) is 0 Å². The molecule has 0 aromatic heterocycles. The van der Waals surface area contributed by atoms with Crippen molar-refractivity contribution < 1.29 is 9.53 Å². The maximum Gasteiger partial charge on any atom is 0.224 e. The molecule has 1 fully saturated rings. The summed E-state index contributed by atoms with van der Waals surface area (Å²) in [5, 5.41) is 2.99. The molecule has 1 atom stereocenters. The van der Waals surface area contributed by atoms with Crippen molar-refractivity contribution in [3.63, 3.8) is 0 Å². The highest BCUT2D eigenvalue weighted by Gasteiger charge is 2.33. The highest BCUT2D eigenvalue weighted by atomic mass is 16.5. The van der Waals surface area contributed by atoms with Gasteiger partial charge >= 0.3 is 0 Å². The summed E-state index contributed by atoms with van der Waals surface area (Å²) in [4.78, 5) is 13.7. The first-order valence-corrected chi connectivity index (χ1v) is 5.55. The Bertz CT molecular complexity index is 229. The summed E-state index contributed by atoms with van der Waals surface area (Å²) in [6, 6.07) is 0. The van der Waals surface area contributed by atoms with Gasteiger partial charge in [0.05, 0.1) is 11.7 Å². The van der Waals surface area contributed by atoms with Crippen molar-refractivity contribution in [1.82, 2.24) is 10.2 Å². The van der Waals surface area contributed by atoms with Gasteiger partial charge in [-0.1, -0.05) is 0 Å². The topological polar surface area (TPSA) is 41.6 Å². The first-order valence-electron chi connectivity index (χ1n) is 5.55. The molecule has 1 aliphatic rings. The molecule has 0 aromatic rings. The average Bonchev–Trinajstić information content (AvgIpc) is 2.10. The van der Waals surface area contributed by atoms with Gasteiger partial charge in [-0.3, -0.25) is 4.79 Å². The van der Waals surface area contributed by atoms with E-state index in [1.54, 1.807) is 0 Å². The Balaban J connectivity index is 2.50. The predicted octanol–water partition coefficient (Wildman–Crippen LogP) is 0.622. The number of carbonyl (C=O) groups is 1. The van der Waals surface area contributed by atoms with Gasteiger partial charge in [-0.25, -0.2) is 0 Å². The van der Waals surface area contributed by atoms with Crippen molar-refractivity contribution in [3.05, 3.63) is 0 Å². The summed E-state index contributed by atoms with van der Waals surface area (Å²) in [7, 11) is 1.86. The normalized spacial score (nSPS) is 25.3. The second-order valence-corrected chi connectivity index (χ2v) is 4.82. The molecule has 1 N–H and O–H groups in total. The lowest BCUT2D eigenvalue weighted by atomic mass is 10.1. The van der Waals surface area contributed by atoms with Crippen LogP contribution in [0.25, 0.3) is 0 Å². The van der Waals surface area contributed by atoms with Crippen LogP contribution in [0.3, 0.4) is 0 Å². The van der Waals surface area contributed by atoms with Crippen molar-refractivity contribution in [3.8, 4) is 0 Å². The highest BCUT2D eigenvalue weighted by molar-refractivity contribution is 5.76. The van der Waals surface area contributed by atoms with Gasteiger partial charge in [-0.2, -0.15) is 0 Å². The molecule has 0 aliphatic carbocycles. The van der Waals surface area contributed by atoms with Crippen molar-refractivity contribution in [1.29, 1.82) is 0 Å². The molecule has 1 saturated heterocycles. The standard InChI is InChI=1S/C11H22N2O2/c1-9-7-13(8-11(2,3)15-9)10(14)5-6-12-4/h9,12H,5-8H2,1-4H3. The fraction of sp³-hybridized carbons (Fsp3) is 0.909. The Kier molecular flexibility index (Phi) is 4.11. The van der Waals surface area contributed by atoms with Gasteiger partial charge < -0.3 is 15.0 Å². The maximum atomic E-state index is 11.8. The Hall–Kier alpha value is -0.610. The molecule has 1 unspecified atom stereocenters. The number of amides is 1. The monoisotopic (exact) mass is 214 g/mol. The van der Waals surface area contributed by atoms with Crippen LogP contribution in [0.2, 0.25) is 0 Å². The molecule has 0 radical (unpaired) electrons. The summed E-state index contributed by atoms with van der Waals surface area (Å²) in [5.74, 6) is 0.215. The van der Waals surface area contributed by atoms with Crippen molar-refractivity contribution in [2.24, 2.45) is 0 Å². The smallest absolute Gasteiger partial charge is 0.224 e. The van der Waals surface area contributed by atoms with E-state index >= 15 is 0 Å². The van der Waals surface area contributed by atoms with E-state index in [0.717, 1.165) is 6.54 Å². The van der Waals surface area contributed by atoms with E-state index in [0.29, 0.717) is 19.5 Å². The van der Waals surface area contributed by atoms with Crippen LogP contribution in [0.15, 0.2) is 0 Å². The Labute approximate surface area is 92.0 Å². The average molecular weight is 214 g/mol. The Morgan fingerprint density at radius 2 is 2.27 bits per heavy atom. The highest BCUT2D eigenvalue weighted by Crippen LogP contribution is 2.20. The van der Waals surface area contributed by atoms with Gasteiger partial charge in [0.2, 0.25) is 5.91 Å². The van der Waals surface area contributed by atoms with E-state index in [9.17, 15) is 4.79 Å². The summed E-state index contributed by atoms with van der Waals surface area (Å²) in [6.45, 7) is 8.22. The lowest BCUT2D eigenvalue weighted by Gasteiger charge is -2.41. The fourth-order valence-corrected chi connectivity index (χ4v) is 2.03. The second kappa shape index (κ2) is 4.94. The van der Waals surface area contributed by atoms with Gasteiger partial charge in [-0.05, 0) is 27.8 Å².